The Balaban J connectivity index is 0.00000256. The monoisotopic (exact) mass is 524 g/mol. The van der Waals surface area contributed by atoms with Gasteiger partial charge in [0.15, 0.2) is 11.8 Å². The summed E-state index contributed by atoms with van der Waals surface area (Å²) in [5.41, 5.74) is 1.28. The van der Waals surface area contributed by atoms with E-state index in [1.807, 2.05) is 24.6 Å². The lowest BCUT2D eigenvalue weighted by molar-refractivity contribution is -0.0815. The Kier molecular flexibility index (Phi) is 8.10. The maximum atomic E-state index is 6.19. The van der Waals surface area contributed by atoms with Crippen molar-refractivity contribution in [2.75, 3.05) is 6.61 Å². The number of aliphatic imine (C=N–C) groups is 1. The molecule has 1 unspecified atom stereocenters. The van der Waals surface area contributed by atoms with Gasteiger partial charge in [0.25, 0.3) is 0 Å². The Morgan fingerprint density at radius 3 is 2.70 bits per heavy atom. The van der Waals surface area contributed by atoms with E-state index < -0.39 is 0 Å². The number of hydrogen-bond acceptors (Lipinski definition) is 4. The van der Waals surface area contributed by atoms with Gasteiger partial charge in [0.05, 0.1) is 18.7 Å². The highest BCUT2D eigenvalue weighted by atomic mass is 127. The smallest absolute Gasteiger partial charge is 0.192 e. The van der Waals surface area contributed by atoms with Crippen LogP contribution in [-0.4, -0.2) is 39.0 Å². The third-order valence-electron chi connectivity index (χ3n) is 6.21. The molecule has 7 nitrogen and oxygen atoms in total. The number of nitrogens with zero attached hydrogens (tertiary/aromatic N) is 4. The van der Waals surface area contributed by atoms with Crippen LogP contribution in [0.15, 0.2) is 35.3 Å². The summed E-state index contributed by atoms with van der Waals surface area (Å²) in [5.74, 6) is 2.63. The molecule has 1 aromatic heterocycles. The van der Waals surface area contributed by atoms with Gasteiger partial charge in [-0.2, -0.15) is 0 Å². The Labute approximate surface area is 196 Å². The molecule has 1 saturated heterocycles. The molecule has 0 radical (unpaired) electrons. The summed E-state index contributed by atoms with van der Waals surface area (Å²) in [4.78, 5) is 4.85. The molecule has 2 fully saturated rings. The fourth-order valence-corrected chi connectivity index (χ4v) is 4.39. The molecule has 2 aliphatic rings. The molecule has 0 amide bonds. The van der Waals surface area contributed by atoms with Gasteiger partial charge in [0, 0.05) is 19.7 Å². The summed E-state index contributed by atoms with van der Waals surface area (Å²) in [6, 6.07) is 10.7. The molecule has 4 rings (SSSR count). The molecular formula is C22H33IN6O. The zero-order valence-electron chi connectivity index (χ0n) is 17.9. The second-order valence-electron chi connectivity index (χ2n) is 8.30. The summed E-state index contributed by atoms with van der Waals surface area (Å²) in [6.07, 6.45) is 7.01. The second-order valence-corrected chi connectivity index (χ2v) is 8.30. The highest BCUT2D eigenvalue weighted by Crippen LogP contribution is 2.39. The van der Waals surface area contributed by atoms with E-state index in [1.165, 1.54) is 31.2 Å². The van der Waals surface area contributed by atoms with Crippen molar-refractivity contribution >= 4 is 29.9 Å². The lowest BCUT2D eigenvalue weighted by atomic mass is 9.89. The summed E-state index contributed by atoms with van der Waals surface area (Å²) >= 11 is 0. The SMILES string of the molecule is Cc1nnc(CNC(=NCc2ccccc2)NC2CCOC3(CCCC3)C2)n1C.I. The molecule has 1 spiro atoms. The third kappa shape index (κ3) is 5.72. The molecule has 2 N–H and O–H groups in total. The first-order valence-electron chi connectivity index (χ1n) is 10.7. The van der Waals surface area contributed by atoms with Crippen molar-refractivity contribution < 1.29 is 4.74 Å². The first-order chi connectivity index (χ1) is 14.1. The highest BCUT2D eigenvalue weighted by molar-refractivity contribution is 14.0. The summed E-state index contributed by atoms with van der Waals surface area (Å²) in [7, 11) is 1.99. The number of nitrogens with one attached hydrogen (secondary N) is 2. The standard InChI is InChI=1S/C22H32N6O.HI/c1-17-26-27-20(28(17)2)16-24-21(23-15-18-8-4-3-5-9-18)25-19-10-13-29-22(14-19)11-6-7-12-22;/h3-5,8-9,19H,6-7,10-16H2,1-2H3,(H2,23,24,25);1H. The predicted molar refractivity (Wildman–Crippen MR) is 129 cm³/mol. The van der Waals surface area contributed by atoms with Crippen molar-refractivity contribution in [3.05, 3.63) is 47.5 Å². The van der Waals surface area contributed by atoms with Crippen LogP contribution in [0.3, 0.4) is 0 Å². The number of benzene rings is 1. The van der Waals surface area contributed by atoms with Crippen molar-refractivity contribution in [1.29, 1.82) is 0 Å². The predicted octanol–water partition coefficient (Wildman–Crippen LogP) is 3.47. The highest BCUT2D eigenvalue weighted by Gasteiger charge is 2.40. The number of rotatable bonds is 5. The summed E-state index contributed by atoms with van der Waals surface area (Å²) in [6.45, 7) is 4.02. The van der Waals surface area contributed by atoms with Crippen LogP contribution in [0.4, 0.5) is 0 Å². The van der Waals surface area contributed by atoms with E-state index in [0.29, 0.717) is 19.1 Å². The number of hydrogen-bond donors (Lipinski definition) is 2. The van der Waals surface area contributed by atoms with Crippen molar-refractivity contribution in [1.82, 2.24) is 25.4 Å². The maximum Gasteiger partial charge on any atom is 0.192 e. The van der Waals surface area contributed by atoms with Gasteiger partial charge in [-0.25, -0.2) is 4.99 Å². The largest absolute Gasteiger partial charge is 0.375 e. The summed E-state index contributed by atoms with van der Waals surface area (Å²) < 4.78 is 8.20. The number of aromatic nitrogens is 3. The molecule has 1 aromatic carbocycles. The van der Waals surface area contributed by atoms with Crippen molar-refractivity contribution in [3.63, 3.8) is 0 Å². The fourth-order valence-electron chi connectivity index (χ4n) is 4.39. The Morgan fingerprint density at radius 1 is 1.23 bits per heavy atom. The zero-order chi connectivity index (χ0) is 20.1. The first kappa shape index (κ1) is 23.0. The van der Waals surface area contributed by atoms with Gasteiger partial charge in [-0.1, -0.05) is 43.2 Å². The minimum Gasteiger partial charge on any atom is -0.375 e. The van der Waals surface area contributed by atoms with E-state index in [2.05, 4.69) is 45.1 Å². The molecular weight excluding hydrogens is 491 g/mol. The first-order valence-corrected chi connectivity index (χ1v) is 10.7. The van der Waals surface area contributed by atoms with Crippen LogP contribution in [0, 0.1) is 6.92 Å². The van der Waals surface area contributed by atoms with E-state index in [0.717, 1.165) is 37.1 Å². The lowest BCUT2D eigenvalue weighted by Gasteiger charge is -2.39. The molecule has 8 heteroatoms. The van der Waals surface area contributed by atoms with E-state index >= 15 is 0 Å². The number of halogens is 1. The van der Waals surface area contributed by atoms with Crippen molar-refractivity contribution in [2.45, 2.75) is 70.2 Å². The minimum absolute atomic E-state index is 0. The van der Waals surface area contributed by atoms with Crippen molar-refractivity contribution in [2.24, 2.45) is 12.0 Å². The van der Waals surface area contributed by atoms with E-state index in [9.17, 15) is 0 Å². The van der Waals surface area contributed by atoms with E-state index in [4.69, 9.17) is 9.73 Å². The quantitative estimate of drug-likeness (QED) is 0.356. The minimum atomic E-state index is 0. The molecule has 1 atom stereocenters. The van der Waals surface area contributed by atoms with Gasteiger partial charge in [-0.05, 0) is 38.2 Å². The third-order valence-corrected chi connectivity index (χ3v) is 6.21. The van der Waals surface area contributed by atoms with Gasteiger partial charge >= 0.3 is 0 Å². The van der Waals surface area contributed by atoms with Crippen LogP contribution in [-0.2, 0) is 24.9 Å². The second kappa shape index (κ2) is 10.6. The van der Waals surface area contributed by atoms with Gasteiger partial charge < -0.3 is 19.9 Å². The van der Waals surface area contributed by atoms with Crippen LogP contribution >= 0.6 is 24.0 Å². The van der Waals surface area contributed by atoms with Gasteiger partial charge in [-0.15, -0.1) is 34.2 Å². The number of ether oxygens (including phenoxy) is 1. The Morgan fingerprint density at radius 2 is 2.00 bits per heavy atom. The Hall–Kier alpha value is -1.68. The van der Waals surface area contributed by atoms with Gasteiger partial charge in [0.1, 0.15) is 5.82 Å². The molecule has 1 aliphatic carbocycles. The average Bonchev–Trinajstić information content (AvgIpc) is 3.32. The Bertz CT molecular complexity index is 831. The van der Waals surface area contributed by atoms with E-state index in [1.54, 1.807) is 0 Å². The number of guanidine groups is 1. The van der Waals surface area contributed by atoms with E-state index in [-0.39, 0.29) is 29.6 Å². The molecule has 1 aliphatic heterocycles. The molecule has 2 aromatic rings. The van der Waals surface area contributed by atoms with Crippen LogP contribution in [0.1, 0.15) is 55.7 Å². The van der Waals surface area contributed by atoms with Gasteiger partial charge in [0.2, 0.25) is 0 Å². The molecule has 1 saturated carbocycles. The number of aryl methyl sites for hydroxylation is 1. The zero-order valence-corrected chi connectivity index (χ0v) is 20.3. The fraction of sp³-hybridized carbons (Fsp3) is 0.591. The van der Waals surface area contributed by atoms with Crippen molar-refractivity contribution in [3.8, 4) is 0 Å². The molecule has 0 bridgehead atoms. The van der Waals surface area contributed by atoms with Crippen LogP contribution < -0.4 is 10.6 Å². The van der Waals surface area contributed by atoms with Gasteiger partial charge in [-0.3, -0.25) is 0 Å². The van der Waals surface area contributed by atoms with Crippen LogP contribution in [0.5, 0.6) is 0 Å². The maximum absolute atomic E-state index is 6.19. The molecule has 30 heavy (non-hydrogen) atoms. The van der Waals surface area contributed by atoms with Crippen LogP contribution in [0.2, 0.25) is 0 Å². The molecule has 164 valence electrons. The lowest BCUT2D eigenvalue weighted by Crippen LogP contribution is -2.50. The summed E-state index contributed by atoms with van der Waals surface area (Å²) in [5, 5.41) is 15.5. The topological polar surface area (TPSA) is 76.4 Å². The normalized spacial score (nSPS) is 20.7. The average molecular weight is 524 g/mol. The molecule has 2 heterocycles. The van der Waals surface area contributed by atoms with Crippen LogP contribution in [0.25, 0.3) is 0 Å².